The fourth-order valence-corrected chi connectivity index (χ4v) is 6.88. The molecule has 0 atom stereocenters. The number of unbranched alkanes of at least 4 members (excludes halogenated alkanes) is 1. The van der Waals surface area contributed by atoms with E-state index in [0.29, 0.717) is 6.42 Å². The topological polar surface area (TPSA) is 26.3 Å². The molecule has 3 saturated carbocycles. The Morgan fingerprint density at radius 1 is 0.633 bits per heavy atom. The lowest BCUT2D eigenvalue weighted by Gasteiger charge is -2.38. The van der Waals surface area contributed by atoms with E-state index in [-0.39, 0.29) is 12.1 Å². The van der Waals surface area contributed by atoms with Crippen LogP contribution in [0.25, 0.3) is 0 Å². The minimum Gasteiger partial charge on any atom is -0.462 e. The highest BCUT2D eigenvalue weighted by atomic mass is 16.5. The van der Waals surface area contributed by atoms with Crippen molar-refractivity contribution in [1.82, 2.24) is 0 Å². The van der Waals surface area contributed by atoms with E-state index in [0.717, 1.165) is 55.3 Å². The first-order chi connectivity index (χ1) is 14.7. The second kappa shape index (κ2) is 13.1. The average molecular weight is 419 g/mol. The lowest BCUT2D eigenvalue weighted by atomic mass is 9.69. The van der Waals surface area contributed by atoms with E-state index in [1.54, 1.807) is 0 Å². The smallest absolute Gasteiger partial charge is 0.306 e. The SMILES string of the molecule is CCCCC(=O)OC1CCC(C2CCC(CC[C@H]3CC[C@H](CCC)CC3)CC2)CC1. The summed E-state index contributed by atoms with van der Waals surface area (Å²) in [5.41, 5.74) is 0. The van der Waals surface area contributed by atoms with Crippen molar-refractivity contribution in [2.24, 2.45) is 29.6 Å². The summed E-state index contributed by atoms with van der Waals surface area (Å²) in [5, 5.41) is 0. The predicted octanol–water partition coefficient (Wildman–Crippen LogP) is 8.47. The zero-order valence-corrected chi connectivity index (χ0v) is 20.2. The molecule has 0 aliphatic heterocycles. The van der Waals surface area contributed by atoms with Gasteiger partial charge in [-0.15, -0.1) is 0 Å². The summed E-state index contributed by atoms with van der Waals surface area (Å²) in [6.45, 7) is 4.48. The molecular weight excluding hydrogens is 368 g/mol. The fourth-order valence-electron chi connectivity index (χ4n) is 6.88. The molecule has 0 aromatic carbocycles. The van der Waals surface area contributed by atoms with Gasteiger partial charge in [-0.3, -0.25) is 4.79 Å². The van der Waals surface area contributed by atoms with Crippen LogP contribution in [0, 0.1) is 29.6 Å². The zero-order chi connectivity index (χ0) is 21.2. The maximum atomic E-state index is 11.9. The minimum absolute atomic E-state index is 0.0414. The minimum atomic E-state index is 0.0414. The van der Waals surface area contributed by atoms with Gasteiger partial charge in [0.1, 0.15) is 6.10 Å². The Kier molecular flexibility index (Phi) is 10.5. The molecule has 0 saturated heterocycles. The van der Waals surface area contributed by atoms with Gasteiger partial charge in [0.2, 0.25) is 0 Å². The van der Waals surface area contributed by atoms with Crippen LogP contribution in [0.2, 0.25) is 0 Å². The normalized spacial score (nSPS) is 35.1. The van der Waals surface area contributed by atoms with Gasteiger partial charge in [-0.25, -0.2) is 0 Å². The van der Waals surface area contributed by atoms with Crippen LogP contribution in [0.1, 0.15) is 136 Å². The molecule has 0 aromatic heterocycles. The Hall–Kier alpha value is -0.530. The third-order valence-electron chi connectivity index (χ3n) is 8.96. The largest absolute Gasteiger partial charge is 0.462 e. The van der Waals surface area contributed by atoms with Gasteiger partial charge < -0.3 is 4.74 Å². The molecule has 3 aliphatic carbocycles. The van der Waals surface area contributed by atoms with Crippen LogP contribution < -0.4 is 0 Å². The van der Waals surface area contributed by atoms with Crippen LogP contribution in [0.4, 0.5) is 0 Å². The third-order valence-corrected chi connectivity index (χ3v) is 8.96. The van der Waals surface area contributed by atoms with E-state index in [1.807, 2.05) is 0 Å². The molecule has 174 valence electrons. The third kappa shape index (κ3) is 7.86. The van der Waals surface area contributed by atoms with Gasteiger partial charge in [-0.2, -0.15) is 0 Å². The van der Waals surface area contributed by atoms with Crippen molar-refractivity contribution in [2.45, 2.75) is 142 Å². The number of ether oxygens (including phenoxy) is 1. The van der Waals surface area contributed by atoms with Crippen LogP contribution in [-0.4, -0.2) is 12.1 Å². The number of rotatable bonds is 10. The van der Waals surface area contributed by atoms with E-state index in [1.165, 1.54) is 89.9 Å². The van der Waals surface area contributed by atoms with Crippen molar-refractivity contribution in [3.8, 4) is 0 Å². The van der Waals surface area contributed by atoms with E-state index < -0.39 is 0 Å². The molecule has 0 bridgehead atoms. The first-order valence-corrected chi connectivity index (χ1v) is 13.9. The number of esters is 1. The first-order valence-electron chi connectivity index (χ1n) is 13.9. The van der Waals surface area contributed by atoms with Gasteiger partial charge in [-0.1, -0.05) is 84.5 Å². The molecule has 3 aliphatic rings. The monoisotopic (exact) mass is 418 g/mol. The van der Waals surface area contributed by atoms with Crippen LogP contribution in [0.15, 0.2) is 0 Å². The van der Waals surface area contributed by atoms with Gasteiger partial charge in [0.05, 0.1) is 0 Å². The Bertz CT molecular complexity index is 463. The van der Waals surface area contributed by atoms with E-state index >= 15 is 0 Å². The van der Waals surface area contributed by atoms with Crippen molar-refractivity contribution in [2.75, 3.05) is 0 Å². The van der Waals surface area contributed by atoms with Gasteiger partial charge in [0.15, 0.2) is 0 Å². The summed E-state index contributed by atoms with van der Waals surface area (Å²) in [5.74, 6) is 5.03. The van der Waals surface area contributed by atoms with Crippen LogP contribution in [0.3, 0.4) is 0 Å². The second-order valence-corrected chi connectivity index (χ2v) is 11.2. The van der Waals surface area contributed by atoms with Gasteiger partial charge in [-0.05, 0) is 74.5 Å². The lowest BCUT2D eigenvalue weighted by Crippen LogP contribution is -2.29. The first kappa shape index (κ1) is 24.1. The van der Waals surface area contributed by atoms with Gasteiger partial charge >= 0.3 is 5.97 Å². The molecule has 2 heteroatoms. The van der Waals surface area contributed by atoms with Crippen molar-refractivity contribution >= 4 is 5.97 Å². The average Bonchev–Trinajstić information content (AvgIpc) is 2.78. The molecule has 3 rings (SSSR count). The highest BCUT2D eigenvalue weighted by Gasteiger charge is 2.32. The van der Waals surface area contributed by atoms with E-state index in [4.69, 9.17) is 4.74 Å². The molecule has 0 amide bonds. The Morgan fingerprint density at radius 2 is 1.10 bits per heavy atom. The fraction of sp³-hybridized carbons (Fsp3) is 0.964. The number of carbonyl (C=O) groups excluding carboxylic acids is 1. The maximum Gasteiger partial charge on any atom is 0.306 e. The summed E-state index contributed by atoms with van der Waals surface area (Å²) in [6.07, 6.45) is 25.6. The predicted molar refractivity (Wildman–Crippen MR) is 126 cm³/mol. The van der Waals surface area contributed by atoms with Gasteiger partial charge in [0.25, 0.3) is 0 Å². The summed E-state index contributed by atoms with van der Waals surface area (Å²) in [6, 6.07) is 0. The van der Waals surface area contributed by atoms with Crippen LogP contribution in [-0.2, 0) is 9.53 Å². The number of hydrogen-bond donors (Lipinski definition) is 0. The summed E-state index contributed by atoms with van der Waals surface area (Å²) < 4.78 is 5.72. The molecule has 3 fully saturated rings. The van der Waals surface area contributed by atoms with Gasteiger partial charge in [0, 0.05) is 6.42 Å². The van der Waals surface area contributed by atoms with Crippen molar-refractivity contribution in [3.05, 3.63) is 0 Å². The quantitative estimate of drug-likeness (QED) is 0.332. The molecule has 30 heavy (non-hydrogen) atoms. The molecule has 0 radical (unpaired) electrons. The molecular formula is C28H50O2. The molecule has 0 N–H and O–H groups in total. The zero-order valence-electron chi connectivity index (χ0n) is 20.2. The van der Waals surface area contributed by atoms with E-state index in [9.17, 15) is 4.79 Å². The second-order valence-electron chi connectivity index (χ2n) is 11.2. The molecule has 2 nitrogen and oxygen atoms in total. The summed E-state index contributed by atoms with van der Waals surface area (Å²) in [4.78, 5) is 11.9. The summed E-state index contributed by atoms with van der Waals surface area (Å²) >= 11 is 0. The highest BCUT2D eigenvalue weighted by Crippen LogP contribution is 2.42. The molecule has 0 unspecified atom stereocenters. The van der Waals surface area contributed by atoms with E-state index in [2.05, 4.69) is 13.8 Å². The number of carbonyl (C=O) groups is 1. The Labute approximate surface area is 187 Å². The van der Waals surface area contributed by atoms with Crippen LogP contribution in [0.5, 0.6) is 0 Å². The Morgan fingerprint density at radius 3 is 1.60 bits per heavy atom. The van der Waals surface area contributed by atoms with Crippen LogP contribution >= 0.6 is 0 Å². The number of hydrogen-bond acceptors (Lipinski definition) is 2. The Balaban J connectivity index is 1.26. The molecule has 0 aromatic rings. The summed E-state index contributed by atoms with van der Waals surface area (Å²) in [7, 11) is 0. The highest BCUT2D eigenvalue weighted by molar-refractivity contribution is 5.69. The maximum absolute atomic E-state index is 11.9. The van der Waals surface area contributed by atoms with Crippen molar-refractivity contribution in [3.63, 3.8) is 0 Å². The molecule has 0 spiro atoms. The standard InChI is InChI=1S/C28H50O2/c1-3-5-7-28(29)30-27-20-18-26(19-21-27)25-16-14-24(15-17-25)13-12-23-10-8-22(6-4-2)9-11-23/h22-27H,3-21H2,1-2H3/t22-,23-,24?,25?,26?,27?. The van der Waals surface area contributed by atoms with Crippen molar-refractivity contribution < 1.29 is 9.53 Å². The molecule has 0 heterocycles. The lowest BCUT2D eigenvalue weighted by molar-refractivity contribution is -0.151. The van der Waals surface area contributed by atoms with Crippen molar-refractivity contribution in [1.29, 1.82) is 0 Å².